The summed E-state index contributed by atoms with van der Waals surface area (Å²) in [5, 5.41) is 27.1. The van der Waals surface area contributed by atoms with Gasteiger partial charge in [0.05, 0.1) is 29.9 Å². The molecular weight excluding hydrogens is 430 g/mol. The molecule has 0 fully saturated rings. The number of rotatable bonds is 8. The van der Waals surface area contributed by atoms with Crippen LogP contribution < -0.4 is 10.2 Å². The predicted molar refractivity (Wildman–Crippen MR) is 116 cm³/mol. The first-order valence-corrected chi connectivity index (χ1v) is 9.61. The summed E-state index contributed by atoms with van der Waals surface area (Å²) in [5.41, 5.74) is 3.26. The van der Waals surface area contributed by atoms with Crippen molar-refractivity contribution in [3.63, 3.8) is 0 Å². The third kappa shape index (κ3) is 5.07. The van der Waals surface area contributed by atoms with Crippen molar-refractivity contribution in [3.8, 4) is 28.5 Å². The lowest BCUT2D eigenvalue weighted by Gasteiger charge is -2.03. The second-order valence-corrected chi connectivity index (χ2v) is 6.64. The average Bonchev–Trinajstić information content (AvgIpc) is 3.49. The van der Waals surface area contributed by atoms with E-state index in [-0.39, 0.29) is 23.6 Å². The zero-order valence-electron chi connectivity index (χ0n) is 17.3. The highest BCUT2D eigenvalue weighted by atomic mass is 16.6. The minimum Gasteiger partial charge on any atom is -0.497 e. The third-order valence-corrected chi connectivity index (χ3v) is 4.44. The van der Waals surface area contributed by atoms with Gasteiger partial charge in [-0.2, -0.15) is 9.90 Å². The first-order chi connectivity index (χ1) is 16.0. The van der Waals surface area contributed by atoms with E-state index in [9.17, 15) is 14.9 Å². The number of hydrogen-bond donors (Lipinski definition) is 1. The molecule has 0 atom stereocenters. The molecule has 2 aromatic heterocycles. The quantitative estimate of drug-likeness (QED) is 0.246. The van der Waals surface area contributed by atoms with Crippen LogP contribution >= 0.6 is 0 Å². The lowest BCUT2D eigenvalue weighted by Crippen LogP contribution is -2.24. The van der Waals surface area contributed by atoms with Crippen molar-refractivity contribution in [2.45, 2.75) is 6.54 Å². The number of amides is 1. The SMILES string of the molecule is COc1ccc(-c2ccc(/C=N/NC(=O)Cn3nnc(-c4ccccc4)n3)o2)c([N+](=O)[O-])c1. The summed E-state index contributed by atoms with van der Waals surface area (Å²) in [4.78, 5) is 24.1. The number of carbonyl (C=O) groups is 1. The Hall–Kier alpha value is -4.87. The first-order valence-electron chi connectivity index (χ1n) is 9.61. The smallest absolute Gasteiger partial charge is 0.284 e. The van der Waals surface area contributed by atoms with E-state index in [1.165, 1.54) is 25.5 Å². The standard InChI is InChI=1S/C21H17N7O5/c1-32-15-7-9-17(18(11-15)28(30)31)19-10-8-16(33-19)12-22-23-20(29)13-27-25-21(24-26-27)14-5-3-2-4-6-14/h2-12H,13H2,1H3,(H,23,29)/b22-12+. The topological polar surface area (TPSA) is 151 Å². The van der Waals surface area contributed by atoms with E-state index in [2.05, 4.69) is 25.9 Å². The fourth-order valence-electron chi connectivity index (χ4n) is 2.91. The maximum absolute atomic E-state index is 12.1. The number of nitrogens with zero attached hydrogens (tertiary/aromatic N) is 6. The molecule has 12 nitrogen and oxygen atoms in total. The van der Waals surface area contributed by atoms with Crippen molar-refractivity contribution in [1.29, 1.82) is 0 Å². The van der Waals surface area contributed by atoms with Gasteiger partial charge in [0.2, 0.25) is 5.82 Å². The number of nitrogens with one attached hydrogen (secondary N) is 1. The van der Waals surface area contributed by atoms with Gasteiger partial charge in [-0.05, 0) is 29.5 Å². The van der Waals surface area contributed by atoms with Crippen LogP contribution in [0.2, 0.25) is 0 Å². The molecule has 4 rings (SSSR count). The summed E-state index contributed by atoms with van der Waals surface area (Å²) in [6.45, 7) is -0.182. The number of furan rings is 1. The molecule has 166 valence electrons. The van der Waals surface area contributed by atoms with Crippen LogP contribution in [0.25, 0.3) is 22.7 Å². The molecule has 0 saturated carbocycles. The number of tetrazole rings is 1. The molecular formula is C21H17N7O5. The van der Waals surface area contributed by atoms with Crippen LogP contribution in [0, 0.1) is 10.1 Å². The van der Waals surface area contributed by atoms with Gasteiger partial charge in [-0.1, -0.05) is 30.3 Å². The van der Waals surface area contributed by atoms with E-state index >= 15 is 0 Å². The Bertz CT molecular complexity index is 1310. The molecule has 0 unspecified atom stereocenters. The molecule has 0 radical (unpaired) electrons. The number of ether oxygens (including phenoxy) is 1. The molecule has 2 heterocycles. The molecule has 4 aromatic rings. The van der Waals surface area contributed by atoms with Crippen molar-refractivity contribution < 1.29 is 18.9 Å². The van der Waals surface area contributed by atoms with Crippen molar-refractivity contribution in [1.82, 2.24) is 25.6 Å². The lowest BCUT2D eigenvalue weighted by molar-refractivity contribution is -0.384. The Morgan fingerprint density at radius 1 is 1.24 bits per heavy atom. The predicted octanol–water partition coefficient (Wildman–Crippen LogP) is 2.67. The van der Waals surface area contributed by atoms with Crippen LogP contribution in [0.1, 0.15) is 5.76 Å². The van der Waals surface area contributed by atoms with Gasteiger partial charge in [-0.3, -0.25) is 14.9 Å². The second kappa shape index (κ2) is 9.51. The number of methoxy groups -OCH3 is 1. The molecule has 2 aromatic carbocycles. The van der Waals surface area contributed by atoms with E-state index in [0.29, 0.717) is 17.3 Å². The summed E-state index contributed by atoms with van der Waals surface area (Å²) < 4.78 is 10.6. The molecule has 0 bridgehead atoms. The van der Waals surface area contributed by atoms with Gasteiger partial charge < -0.3 is 9.15 Å². The van der Waals surface area contributed by atoms with Crippen LogP contribution in [-0.2, 0) is 11.3 Å². The zero-order chi connectivity index (χ0) is 23.2. The second-order valence-electron chi connectivity index (χ2n) is 6.64. The Morgan fingerprint density at radius 3 is 2.82 bits per heavy atom. The summed E-state index contributed by atoms with van der Waals surface area (Å²) in [7, 11) is 1.43. The minimum atomic E-state index is -0.518. The van der Waals surface area contributed by atoms with Gasteiger partial charge in [-0.15, -0.1) is 10.2 Å². The molecule has 1 amide bonds. The third-order valence-electron chi connectivity index (χ3n) is 4.44. The number of nitro groups is 1. The number of carbonyl (C=O) groups excluding carboxylic acids is 1. The summed E-state index contributed by atoms with van der Waals surface area (Å²) in [5.74, 6) is 0.862. The average molecular weight is 447 g/mol. The molecule has 12 heteroatoms. The maximum atomic E-state index is 12.1. The van der Waals surface area contributed by atoms with Gasteiger partial charge in [0.25, 0.3) is 11.6 Å². The van der Waals surface area contributed by atoms with Crippen LogP contribution in [0.4, 0.5) is 5.69 Å². The number of hydrazone groups is 1. The van der Waals surface area contributed by atoms with Gasteiger partial charge in [0.15, 0.2) is 0 Å². The molecule has 0 aliphatic carbocycles. The van der Waals surface area contributed by atoms with E-state index in [4.69, 9.17) is 9.15 Å². The summed E-state index contributed by atoms with van der Waals surface area (Å²) in [6, 6.07) is 16.8. The molecule has 33 heavy (non-hydrogen) atoms. The van der Waals surface area contributed by atoms with Crippen molar-refractivity contribution >= 4 is 17.8 Å². The van der Waals surface area contributed by atoms with Crippen LogP contribution in [0.5, 0.6) is 5.75 Å². The van der Waals surface area contributed by atoms with Gasteiger partial charge >= 0.3 is 0 Å². The fraction of sp³-hybridized carbons (Fsp3) is 0.0952. The highest BCUT2D eigenvalue weighted by Crippen LogP contribution is 2.33. The van der Waals surface area contributed by atoms with Crippen molar-refractivity contribution in [3.05, 3.63) is 76.5 Å². The largest absolute Gasteiger partial charge is 0.497 e. The van der Waals surface area contributed by atoms with Gasteiger partial charge in [0, 0.05) is 5.56 Å². The van der Waals surface area contributed by atoms with E-state index in [0.717, 1.165) is 10.4 Å². The van der Waals surface area contributed by atoms with Gasteiger partial charge in [-0.25, -0.2) is 5.43 Å². The van der Waals surface area contributed by atoms with E-state index < -0.39 is 10.8 Å². The Morgan fingerprint density at radius 2 is 2.06 bits per heavy atom. The molecule has 0 aliphatic heterocycles. The van der Waals surface area contributed by atoms with Gasteiger partial charge in [0.1, 0.15) is 23.8 Å². The molecule has 1 N–H and O–H groups in total. The monoisotopic (exact) mass is 447 g/mol. The fourth-order valence-corrected chi connectivity index (χ4v) is 2.91. The van der Waals surface area contributed by atoms with Crippen LogP contribution in [-0.4, -0.2) is 44.4 Å². The lowest BCUT2D eigenvalue weighted by atomic mass is 10.1. The van der Waals surface area contributed by atoms with E-state index in [1.807, 2.05) is 30.3 Å². The normalized spacial score (nSPS) is 10.9. The zero-order valence-corrected chi connectivity index (χ0v) is 17.3. The van der Waals surface area contributed by atoms with Crippen molar-refractivity contribution in [2.24, 2.45) is 5.10 Å². The Balaban J connectivity index is 1.38. The highest BCUT2D eigenvalue weighted by Gasteiger charge is 2.19. The van der Waals surface area contributed by atoms with E-state index in [1.54, 1.807) is 18.2 Å². The molecule has 0 aliphatic rings. The summed E-state index contributed by atoms with van der Waals surface area (Å²) in [6.07, 6.45) is 1.28. The Kier molecular flexibility index (Phi) is 6.16. The maximum Gasteiger partial charge on any atom is 0.284 e. The van der Waals surface area contributed by atoms with Crippen molar-refractivity contribution in [2.75, 3.05) is 7.11 Å². The Labute approximate surface area is 186 Å². The number of hydrogen-bond acceptors (Lipinski definition) is 9. The number of benzene rings is 2. The number of nitro benzene ring substituents is 1. The minimum absolute atomic E-state index is 0.157. The highest BCUT2D eigenvalue weighted by molar-refractivity contribution is 5.81. The molecule has 0 saturated heterocycles. The summed E-state index contributed by atoms with van der Waals surface area (Å²) >= 11 is 0. The van der Waals surface area contributed by atoms with Crippen LogP contribution in [0.15, 0.2) is 70.2 Å². The van der Waals surface area contributed by atoms with Crippen LogP contribution in [0.3, 0.4) is 0 Å². The first kappa shape index (κ1) is 21.4. The number of aromatic nitrogens is 4. The molecule has 0 spiro atoms.